The van der Waals surface area contributed by atoms with E-state index >= 15 is 0 Å². The smallest absolute Gasteiger partial charge is 0.305 e. The van der Waals surface area contributed by atoms with E-state index in [0.717, 1.165) is 0 Å². The summed E-state index contributed by atoms with van der Waals surface area (Å²) in [6.45, 7) is 1.58. The Morgan fingerprint density at radius 1 is 1.22 bits per heavy atom. The van der Waals surface area contributed by atoms with Crippen molar-refractivity contribution in [3.63, 3.8) is 0 Å². The van der Waals surface area contributed by atoms with Crippen LogP contribution in [0.15, 0.2) is 30.7 Å². The fourth-order valence-corrected chi connectivity index (χ4v) is 4.11. The van der Waals surface area contributed by atoms with E-state index in [1.165, 1.54) is 35.1 Å². The van der Waals surface area contributed by atoms with Crippen molar-refractivity contribution in [2.24, 2.45) is 5.92 Å². The fraction of sp³-hybridized carbons (Fsp3) is 0.429. The van der Waals surface area contributed by atoms with Crippen molar-refractivity contribution in [1.82, 2.24) is 19.4 Å². The second-order valence-corrected chi connectivity index (χ2v) is 8.03. The lowest BCUT2D eigenvalue weighted by atomic mass is 9.83. The summed E-state index contributed by atoms with van der Waals surface area (Å²) in [5.74, 6) is -3.42. The molecular weight excluding hydrogens is 433 g/mol. The van der Waals surface area contributed by atoms with E-state index < -0.39 is 23.7 Å². The van der Waals surface area contributed by atoms with Crippen molar-refractivity contribution >= 4 is 17.4 Å². The topological polar surface area (TPSA) is 72.2 Å². The molecule has 3 aromatic rings. The molecule has 1 amide bonds. The number of anilines is 1. The Morgan fingerprint density at radius 2 is 1.94 bits per heavy atom. The number of alkyl halides is 5. The number of fused-ring (bicyclic) bond motifs is 1. The maximum atomic E-state index is 13.8. The van der Waals surface area contributed by atoms with Gasteiger partial charge in [-0.3, -0.25) is 9.78 Å². The normalized spacial score (nSPS) is 16.9. The van der Waals surface area contributed by atoms with Crippen LogP contribution in [0.3, 0.4) is 0 Å². The van der Waals surface area contributed by atoms with Gasteiger partial charge in [-0.15, -0.1) is 0 Å². The van der Waals surface area contributed by atoms with Crippen LogP contribution in [0.1, 0.15) is 53.1 Å². The van der Waals surface area contributed by atoms with Gasteiger partial charge in [-0.05, 0) is 44.2 Å². The number of nitrogens with one attached hydrogen (secondary N) is 1. The minimum atomic E-state index is -4.71. The van der Waals surface area contributed by atoms with Crippen molar-refractivity contribution in [1.29, 1.82) is 0 Å². The first-order valence-electron chi connectivity index (χ1n) is 10.1. The number of carbonyl (C=O) groups excluding carboxylic acids is 1. The number of imidazole rings is 1. The van der Waals surface area contributed by atoms with Crippen LogP contribution in [-0.2, 0) is 12.6 Å². The van der Waals surface area contributed by atoms with Gasteiger partial charge >= 0.3 is 6.18 Å². The van der Waals surface area contributed by atoms with Gasteiger partial charge < -0.3 is 9.72 Å². The van der Waals surface area contributed by atoms with Gasteiger partial charge in [0.1, 0.15) is 5.65 Å². The number of carbonyl (C=O) groups is 1. The number of aromatic nitrogens is 4. The minimum Gasteiger partial charge on any atom is -0.305 e. The number of aryl methyl sites for hydroxylation is 1. The lowest BCUT2D eigenvalue weighted by molar-refractivity contribution is -0.141. The first-order valence-corrected chi connectivity index (χ1v) is 10.1. The molecule has 170 valence electrons. The van der Waals surface area contributed by atoms with Gasteiger partial charge in [0.15, 0.2) is 11.5 Å². The highest BCUT2D eigenvalue weighted by atomic mass is 19.4. The average molecular weight is 453 g/mol. The first-order chi connectivity index (χ1) is 15.0. The highest BCUT2D eigenvalue weighted by Gasteiger charge is 2.40. The number of rotatable bonds is 4. The van der Waals surface area contributed by atoms with Crippen LogP contribution in [-0.4, -0.2) is 31.2 Å². The Kier molecular flexibility index (Phi) is 5.59. The standard InChI is InChI=1S/C21H20F5N5O/c1-12-8-14(19(32)29-16-11-27-6-7-28-16)10-17-30-18(21(24,25)26)15(31(12)17)9-13-2-4-20(22,23)5-3-13/h6-8,10-11,13H,2-5,9H2,1H3,(H,28,29,32). The molecule has 1 aliphatic rings. The number of hydrogen-bond acceptors (Lipinski definition) is 4. The number of amides is 1. The molecule has 1 N–H and O–H groups in total. The van der Waals surface area contributed by atoms with E-state index in [2.05, 4.69) is 20.3 Å². The maximum absolute atomic E-state index is 13.8. The molecule has 0 aromatic carbocycles. The summed E-state index contributed by atoms with van der Waals surface area (Å²) in [5, 5.41) is 2.53. The van der Waals surface area contributed by atoms with E-state index in [9.17, 15) is 26.7 Å². The zero-order valence-electron chi connectivity index (χ0n) is 17.1. The van der Waals surface area contributed by atoms with E-state index in [0.29, 0.717) is 5.69 Å². The quantitative estimate of drug-likeness (QED) is 0.560. The van der Waals surface area contributed by atoms with Crippen molar-refractivity contribution in [2.75, 3.05) is 5.32 Å². The van der Waals surface area contributed by atoms with Crippen LogP contribution in [0.25, 0.3) is 5.65 Å². The van der Waals surface area contributed by atoms with Gasteiger partial charge in [0, 0.05) is 36.5 Å². The molecule has 32 heavy (non-hydrogen) atoms. The van der Waals surface area contributed by atoms with E-state index in [4.69, 9.17) is 0 Å². The van der Waals surface area contributed by atoms with Gasteiger partial charge in [-0.1, -0.05) is 0 Å². The monoisotopic (exact) mass is 453 g/mol. The summed E-state index contributed by atoms with van der Waals surface area (Å²) in [7, 11) is 0. The molecule has 0 spiro atoms. The van der Waals surface area contributed by atoms with Gasteiger partial charge in [0.2, 0.25) is 5.92 Å². The fourth-order valence-electron chi connectivity index (χ4n) is 4.11. The molecule has 0 bridgehead atoms. The predicted molar refractivity (Wildman–Crippen MR) is 106 cm³/mol. The van der Waals surface area contributed by atoms with Gasteiger partial charge in [-0.2, -0.15) is 13.2 Å². The SMILES string of the molecule is Cc1cc(C(=O)Nc2cnccn2)cc2nc(C(F)(F)F)c(CC3CCC(F)(F)CC3)n12. The Balaban J connectivity index is 1.69. The Bertz CT molecular complexity index is 1130. The van der Waals surface area contributed by atoms with Crippen LogP contribution in [0.2, 0.25) is 0 Å². The Morgan fingerprint density at radius 3 is 2.56 bits per heavy atom. The van der Waals surface area contributed by atoms with Crippen molar-refractivity contribution in [3.05, 3.63) is 53.4 Å². The summed E-state index contributed by atoms with van der Waals surface area (Å²) in [6, 6.07) is 2.73. The third kappa shape index (κ3) is 4.56. The minimum absolute atomic E-state index is 0.0158. The maximum Gasteiger partial charge on any atom is 0.435 e. The summed E-state index contributed by atoms with van der Waals surface area (Å²) < 4.78 is 69.6. The molecule has 3 aromatic heterocycles. The number of nitrogens with zero attached hydrogens (tertiary/aromatic N) is 4. The lowest BCUT2D eigenvalue weighted by Crippen LogP contribution is -2.26. The molecule has 0 aliphatic heterocycles. The van der Waals surface area contributed by atoms with E-state index in [1.54, 1.807) is 6.92 Å². The predicted octanol–water partition coefficient (Wildman–Crippen LogP) is 5.07. The largest absolute Gasteiger partial charge is 0.435 e. The van der Waals surface area contributed by atoms with Gasteiger partial charge in [0.25, 0.3) is 5.91 Å². The van der Waals surface area contributed by atoms with Gasteiger partial charge in [-0.25, -0.2) is 18.7 Å². The number of pyridine rings is 1. The Labute approximate surface area is 179 Å². The Hall–Kier alpha value is -3.11. The molecule has 1 fully saturated rings. The summed E-state index contributed by atoms with van der Waals surface area (Å²) in [4.78, 5) is 24.1. The van der Waals surface area contributed by atoms with E-state index in [-0.39, 0.29) is 60.7 Å². The van der Waals surface area contributed by atoms with Gasteiger partial charge in [0.05, 0.1) is 11.9 Å². The average Bonchev–Trinajstić information content (AvgIpc) is 3.09. The summed E-state index contributed by atoms with van der Waals surface area (Å²) in [5.41, 5.74) is -0.655. The van der Waals surface area contributed by atoms with Crippen LogP contribution in [0.5, 0.6) is 0 Å². The number of halogens is 5. The van der Waals surface area contributed by atoms with Crippen LogP contribution in [0.4, 0.5) is 27.8 Å². The molecule has 3 heterocycles. The molecular formula is C21H20F5N5O. The zero-order chi connectivity index (χ0) is 23.1. The van der Waals surface area contributed by atoms with Crippen LogP contribution < -0.4 is 5.32 Å². The van der Waals surface area contributed by atoms with E-state index in [1.807, 2.05) is 0 Å². The second-order valence-electron chi connectivity index (χ2n) is 8.03. The van der Waals surface area contributed by atoms with Crippen molar-refractivity contribution < 1.29 is 26.7 Å². The first kappa shape index (κ1) is 22.1. The molecule has 4 rings (SSSR count). The molecule has 0 atom stereocenters. The third-order valence-corrected chi connectivity index (χ3v) is 5.65. The lowest BCUT2D eigenvalue weighted by Gasteiger charge is -2.28. The molecule has 1 aliphatic carbocycles. The highest BCUT2D eigenvalue weighted by molar-refractivity contribution is 6.04. The molecule has 11 heteroatoms. The van der Waals surface area contributed by atoms with Crippen LogP contribution >= 0.6 is 0 Å². The zero-order valence-corrected chi connectivity index (χ0v) is 17.1. The highest BCUT2D eigenvalue weighted by Crippen LogP contribution is 2.40. The van der Waals surface area contributed by atoms with Crippen molar-refractivity contribution in [2.45, 2.75) is 51.1 Å². The molecule has 1 saturated carbocycles. The molecule has 0 unspecified atom stereocenters. The summed E-state index contributed by atoms with van der Waals surface area (Å²) in [6.07, 6.45) is -0.933. The molecule has 6 nitrogen and oxygen atoms in total. The summed E-state index contributed by atoms with van der Waals surface area (Å²) >= 11 is 0. The third-order valence-electron chi connectivity index (χ3n) is 5.65. The molecule has 0 saturated heterocycles. The van der Waals surface area contributed by atoms with Crippen molar-refractivity contribution in [3.8, 4) is 0 Å². The molecule has 0 radical (unpaired) electrons. The van der Waals surface area contributed by atoms with Crippen LogP contribution in [0, 0.1) is 12.8 Å². The number of hydrogen-bond donors (Lipinski definition) is 1. The second kappa shape index (κ2) is 8.10.